The van der Waals surface area contributed by atoms with Crippen molar-refractivity contribution in [3.63, 3.8) is 0 Å². The highest BCUT2D eigenvalue weighted by Gasteiger charge is 2.27. The lowest BCUT2D eigenvalue weighted by molar-refractivity contribution is -0.116. The minimum Gasteiger partial charge on any atom is -0.322 e. The number of carbonyl (C=O) groups excluding carboxylic acids is 1. The molecule has 0 aliphatic rings. The Hall–Kier alpha value is -1.97. The molecule has 0 saturated carbocycles. The SMILES string of the molecule is Cc1ccc(S(=O)(=O)N(CC(=O)Nc2ccc(Br)cc2F)Cc2ccc(Cl)c(Cl)c2)cc1. The molecule has 0 fully saturated rings. The second-order valence-electron chi connectivity index (χ2n) is 7.01. The van der Waals surface area contributed by atoms with Gasteiger partial charge in [-0.3, -0.25) is 4.79 Å². The third-order valence-corrected chi connectivity index (χ3v) is 7.57. The number of nitrogens with one attached hydrogen (secondary N) is 1. The molecule has 3 aromatic rings. The molecular formula is C22H18BrCl2FN2O3S. The van der Waals surface area contributed by atoms with E-state index in [0.29, 0.717) is 15.1 Å². The number of carbonyl (C=O) groups is 1. The number of benzene rings is 3. The first-order chi connectivity index (χ1) is 15.1. The number of anilines is 1. The normalized spacial score (nSPS) is 11.6. The number of nitrogens with zero attached hydrogens (tertiary/aromatic N) is 1. The van der Waals surface area contributed by atoms with Crippen molar-refractivity contribution in [1.29, 1.82) is 0 Å². The van der Waals surface area contributed by atoms with Gasteiger partial charge >= 0.3 is 0 Å². The number of hydrogen-bond acceptors (Lipinski definition) is 3. The Bertz CT molecular complexity index is 1250. The van der Waals surface area contributed by atoms with Gasteiger partial charge in [0.15, 0.2) is 0 Å². The summed E-state index contributed by atoms with van der Waals surface area (Å²) in [4.78, 5) is 12.7. The molecule has 5 nitrogen and oxygen atoms in total. The lowest BCUT2D eigenvalue weighted by atomic mass is 10.2. The summed E-state index contributed by atoms with van der Waals surface area (Å²) in [6, 6.07) is 15.1. The Kier molecular flexibility index (Phi) is 7.95. The fraction of sp³-hybridized carbons (Fsp3) is 0.136. The predicted molar refractivity (Wildman–Crippen MR) is 128 cm³/mol. The molecule has 1 N–H and O–H groups in total. The molecule has 0 aromatic heterocycles. The third kappa shape index (κ3) is 6.08. The van der Waals surface area contributed by atoms with Crippen molar-refractivity contribution >= 4 is 60.7 Å². The summed E-state index contributed by atoms with van der Waals surface area (Å²) in [5, 5.41) is 3.01. The molecule has 0 bridgehead atoms. The van der Waals surface area contributed by atoms with Crippen LogP contribution in [0.5, 0.6) is 0 Å². The van der Waals surface area contributed by atoms with Crippen molar-refractivity contribution in [2.24, 2.45) is 0 Å². The van der Waals surface area contributed by atoms with Crippen LogP contribution in [-0.4, -0.2) is 25.2 Å². The number of halogens is 4. The fourth-order valence-corrected chi connectivity index (χ4v) is 4.91. The number of rotatable bonds is 7. The van der Waals surface area contributed by atoms with Crippen LogP contribution in [0.1, 0.15) is 11.1 Å². The Morgan fingerprint density at radius 2 is 1.72 bits per heavy atom. The van der Waals surface area contributed by atoms with Gasteiger partial charge in [0.05, 0.1) is 27.2 Å². The highest BCUT2D eigenvalue weighted by Crippen LogP contribution is 2.26. The molecule has 0 aliphatic heterocycles. The van der Waals surface area contributed by atoms with Gasteiger partial charge in [-0.1, -0.05) is 62.9 Å². The van der Waals surface area contributed by atoms with E-state index in [4.69, 9.17) is 23.2 Å². The number of hydrogen-bond donors (Lipinski definition) is 1. The molecule has 0 atom stereocenters. The highest BCUT2D eigenvalue weighted by atomic mass is 79.9. The third-order valence-electron chi connectivity index (χ3n) is 4.53. The average Bonchev–Trinajstić information content (AvgIpc) is 2.72. The lowest BCUT2D eigenvalue weighted by Gasteiger charge is -2.22. The van der Waals surface area contributed by atoms with E-state index in [1.54, 1.807) is 30.3 Å². The van der Waals surface area contributed by atoms with Gasteiger partial charge in [0.25, 0.3) is 0 Å². The second-order valence-corrected chi connectivity index (χ2v) is 10.7. The van der Waals surface area contributed by atoms with Gasteiger partial charge in [-0.15, -0.1) is 0 Å². The van der Waals surface area contributed by atoms with E-state index >= 15 is 0 Å². The smallest absolute Gasteiger partial charge is 0.243 e. The highest BCUT2D eigenvalue weighted by molar-refractivity contribution is 9.10. The Morgan fingerprint density at radius 3 is 2.34 bits per heavy atom. The molecule has 0 unspecified atom stereocenters. The predicted octanol–water partition coefficient (Wildman–Crippen LogP) is 6.03. The summed E-state index contributed by atoms with van der Waals surface area (Å²) in [6.07, 6.45) is 0. The van der Waals surface area contributed by atoms with Crippen LogP contribution in [0.25, 0.3) is 0 Å². The first-order valence-corrected chi connectivity index (χ1v) is 12.3. The quantitative estimate of drug-likeness (QED) is 0.384. The van der Waals surface area contributed by atoms with Crippen LogP contribution in [0.2, 0.25) is 10.0 Å². The molecule has 32 heavy (non-hydrogen) atoms. The summed E-state index contributed by atoms with van der Waals surface area (Å²) >= 11 is 15.2. The van der Waals surface area contributed by atoms with Gasteiger partial charge in [0.1, 0.15) is 5.82 Å². The fourth-order valence-electron chi connectivity index (χ4n) is 2.87. The first-order valence-electron chi connectivity index (χ1n) is 9.32. The van der Waals surface area contributed by atoms with Crippen molar-refractivity contribution in [3.8, 4) is 0 Å². The van der Waals surface area contributed by atoms with Crippen LogP contribution in [0.15, 0.2) is 70.0 Å². The first kappa shape index (κ1) is 24.7. The Labute approximate surface area is 204 Å². The van der Waals surface area contributed by atoms with Gasteiger partial charge in [0, 0.05) is 11.0 Å². The van der Waals surface area contributed by atoms with Gasteiger partial charge in [-0.2, -0.15) is 4.31 Å². The van der Waals surface area contributed by atoms with Gasteiger partial charge in [0.2, 0.25) is 15.9 Å². The molecule has 1 amide bonds. The van der Waals surface area contributed by atoms with E-state index in [2.05, 4.69) is 21.2 Å². The minimum atomic E-state index is -4.05. The zero-order chi connectivity index (χ0) is 23.5. The molecule has 10 heteroatoms. The molecule has 0 aliphatic carbocycles. The minimum absolute atomic E-state index is 0.0331. The molecule has 168 valence electrons. The van der Waals surface area contributed by atoms with Crippen LogP contribution in [0, 0.1) is 12.7 Å². The topological polar surface area (TPSA) is 66.5 Å². The zero-order valence-electron chi connectivity index (χ0n) is 16.8. The van der Waals surface area contributed by atoms with E-state index in [-0.39, 0.29) is 22.2 Å². The number of aryl methyl sites for hydroxylation is 1. The van der Waals surface area contributed by atoms with E-state index in [0.717, 1.165) is 9.87 Å². The molecule has 3 aromatic carbocycles. The van der Waals surface area contributed by atoms with E-state index < -0.39 is 28.3 Å². The van der Waals surface area contributed by atoms with Crippen molar-refractivity contribution in [2.45, 2.75) is 18.4 Å². The van der Waals surface area contributed by atoms with Gasteiger partial charge in [-0.25, -0.2) is 12.8 Å². The van der Waals surface area contributed by atoms with Crippen molar-refractivity contribution in [1.82, 2.24) is 4.31 Å². The molecule has 0 saturated heterocycles. The summed E-state index contributed by atoms with van der Waals surface area (Å²) in [6.45, 7) is 1.17. The van der Waals surface area contributed by atoms with Crippen LogP contribution < -0.4 is 5.32 Å². The van der Waals surface area contributed by atoms with Crippen LogP contribution in [0.3, 0.4) is 0 Å². The monoisotopic (exact) mass is 558 g/mol. The largest absolute Gasteiger partial charge is 0.322 e. The van der Waals surface area contributed by atoms with Crippen molar-refractivity contribution in [2.75, 3.05) is 11.9 Å². The summed E-state index contributed by atoms with van der Waals surface area (Å²) in [5.74, 6) is -1.34. The maximum atomic E-state index is 14.1. The van der Waals surface area contributed by atoms with Crippen LogP contribution >= 0.6 is 39.1 Å². The van der Waals surface area contributed by atoms with Gasteiger partial charge < -0.3 is 5.32 Å². The average molecular weight is 560 g/mol. The summed E-state index contributed by atoms with van der Waals surface area (Å²) in [7, 11) is -4.05. The number of amides is 1. The maximum absolute atomic E-state index is 14.1. The Balaban J connectivity index is 1.90. The van der Waals surface area contributed by atoms with Crippen molar-refractivity contribution in [3.05, 3.63) is 92.1 Å². The molecule has 0 heterocycles. The molecule has 0 spiro atoms. The summed E-state index contributed by atoms with van der Waals surface area (Å²) < 4.78 is 42.2. The standard InChI is InChI=1S/C22H18BrCl2FN2O3S/c1-14-2-6-17(7-3-14)32(30,31)28(12-15-4-8-18(24)19(25)10-15)13-22(29)27-21-9-5-16(23)11-20(21)26/h2-11H,12-13H2,1H3,(H,27,29). The summed E-state index contributed by atoms with van der Waals surface area (Å²) in [5.41, 5.74) is 1.38. The van der Waals surface area contributed by atoms with Gasteiger partial charge in [-0.05, 0) is 55.0 Å². The molecule has 0 radical (unpaired) electrons. The van der Waals surface area contributed by atoms with E-state index in [9.17, 15) is 17.6 Å². The molecular weight excluding hydrogens is 542 g/mol. The van der Waals surface area contributed by atoms with Crippen LogP contribution in [0.4, 0.5) is 10.1 Å². The number of sulfonamides is 1. The Morgan fingerprint density at radius 1 is 1.03 bits per heavy atom. The second kappa shape index (κ2) is 10.3. The van der Waals surface area contributed by atoms with Crippen molar-refractivity contribution < 1.29 is 17.6 Å². The van der Waals surface area contributed by atoms with E-state index in [1.165, 1.54) is 30.3 Å². The zero-order valence-corrected chi connectivity index (χ0v) is 20.7. The lowest BCUT2D eigenvalue weighted by Crippen LogP contribution is -2.37. The molecule has 3 rings (SSSR count). The van der Waals surface area contributed by atoms with E-state index in [1.807, 2.05) is 6.92 Å². The maximum Gasteiger partial charge on any atom is 0.243 e. The van der Waals surface area contributed by atoms with Crippen LogP contribution in [-0.2, 0) is 21.4 Å².